The van der Waals surface area contributed by atoms with Gasteiger partial charge in [-0.3, -0.25) is 4.79 Å². The Bertz CT molecular complexity index is 207. The van der Waals surface area contributed by atoms with Crippen molar-refractivity contribution < 1.29 is 4.79 Å². The summed E-state index contributed by atoms with van der Waals surface area (Å²) in [4.78, 5) is 13.9. The van der Waals surface area contributed by atoms with E-state index in [9.17, 15) is 4.79 Å². The SMILES string of the molecule is CN(CC1CNC1)C(=O)C1CCCC1. The van der Waals surface area contributed by atoms with Crippen LogP contribution >= 0.6 is 0 Å². The Labute approximate surface area is 85.8 Å². The van der Waals surface area contributed by atoms with Gasteiger partial charge in [-0.15, -0.1) is 0 Å². The van der Waals surface area contributed by atoms with Crippen LogP contribution in [0.1, 0.15) is 25.7 Å². The second kappa shape index (κ2) is 4.30. The first-order chi connectivity index (χ1) is 6.77. The van der Waals surface area contributed by atoms with Crippen molar-refractivity contribution in [1.29, 1.82) is 0 Å². The van der Waals surface area contributed by atoms with Crippen LogP contribution in [0.4, 0.5) is 0 Å². The molecular formula is C11H20N2O. The van der Waals surface area contributed by atoms with E-state index in [2.05, 4.69) is 5.32 Å². The Hall–Kier alpha value is -0.570. The molecule has 0 radical (unpaired) electrons. The maximum Gasteiger partial charge on any atom is 0.225 e. The Morgan fingerprint density at radius 1 is 1.36 bits per heavy atom. The van der Waals surface area contributed by atoms with Crippen LogP contribution < -0.4 is 5.32 Å². The first-order valence-electron chi connectivity index (χ1n) is 5.73. The van der Waals surface area contributed by atoms with E-state index in [4.69, 9.17) is 0 Å². The van der Waals surface area contributed by atoms with Crippen molar-refractivity contribution in [3.8, 4) is 0 Å². The molecule has 1 N–H and O–H groups in total. The zero-order valence-electron chi connectivity index (χ0n) is 8.96. The van der Waals surface area contributed by atoms with Gasteiger partial charge in [-0.25, -0.2) is 0 Å². The topological polar surface area (TPSA) is 32.3 Å². The second-order valence-electron chi connectivity index (χ2n) is 4.72. The molecule has 2 aliphatic rings. The highest BCUT2D eigenvalue weighted by Gasteiger charge is 2.27. The van der Waals surface area contributed by atoms with Gasteiger partial charge in [0.2, 0.25) is 5.91 Å². The van der Waals surface area contributed by atoms with Crippen molar-refractivity contribution in [2.75, 3.05) is 26.7 Å². The minimum Gasteiger partial charge on any atom is -0.345 e. The zero-order chi connectivity index (χ0) is 9.97. The summed E-state index contributed by atoms with van der Waals surface area (Å²) in [6.45, 7) is 3.12. The van der Waals surface area contributed by atoms with Crippen LogP contribution in [0, 0.1) is 11.8 Å². The summed E-state index contributed by atoms with van der Waals surface area (Å²) in [6, 6.07) is 0. The molecule has 3 nitrogen and oxygen atoms in total. The third-order valence-electron chi connectivity index (χ3n) is 3.48. The van der Waals surface area contributed by atoms with E-state index in [0.717, 1.165) is 32.5 Å². The molecule has 1 aliphatic heterocycles. The molecule has 0 bridgehead atoms. The number of hydrogen-bond donors (Lipinski definition) is 1. The third kappa shape index (κ3) is 2.08. The molecule has 1 amide bonds. The molecule has 0 aromatic carbocycles. The van der Waals surface area contributed by atoms with Gasteiger partial charge in [-0.05, 0) is 12.8 Å². The summed E-state index contributed by atoms with van der Waals surface area (Å²) < 4.78 is 0. The molecule has 0 aromatic heterocycles. The fourth-order valence-electron chi connectivity index (χ4n) is 2.44. The molecule has 2 fully saturated rings. The van der Waals surface area contributed by atoms with Crippen LogP contribution in [0.5, 0.6) is 0 Å². The van der Waals surface area contributed by atoms with E-state index in [1.807, 2.05) is 11.9 Å². The molecule has 1 heterocycles. The quantitative estimate of drug-likeness (QED) is 0.726. The van der Waals surface area contributed by atoms with E-state index < -0.39 is 0 Å². The maximum absolute atomic E-state index is 11.9. The van der Waals surface area contributed by atoms with Crippen molar-refractivity contribution in [2.45, 2.75) is 25.7 Å². The predicted octanol–water partition coefficient (Wildman–Crippen LogP) is 0.854. The van der Waals surface area contributed by atoms with Gasteiger partial charge in [0.15, 0.2) is 0 Å². The van der Waals surface area contributed by atoms with Gasteiger partial charge in [-0.1, -0.05) is 12.8 Å². The minimum atomic E-state index is 0.341. The van der Waals surface area contributed by atoms with Gasteiger partial charge in [-0.2, -0.15) is 0 Å². The predicted molar refractivity (Wildman–Crippen MR) is 56.0 cm³/mol. The molecular weight excluding hydrogens is 176 g/mol. The van der Waals surface area contributed by atoms with Gasteiger partial charge < -0.3 is 10.2 Å². The van der Waals surface area contributed by atoms with Crippen LogP contribution in [0.15, 0.2) is 0 Å². The Morgan fingerprint density at radius 3 is 2.50 bits per heavy atom. The molecule has 0 atom stereocenters. The Balaban J connectivity index is 1.77. The zero-order valence-corrected chi connectivity index (χ0v) is 8.96. The lowest BCUT2D eigenvalue weighted by molar-refractivity contribution is -0.134. The summed E-state index contributed by atoms with van der Waals surface area (Å²) in [5.41, 5.74) is 0. The first-order valence-corrected chi connectivity index (χ1v) is 5.73. The van der Waals surface area contributed by atoms with Gasteiger partial charge in [0, 0.05) is 38.5 Å². The highest BCUT2D eigenvalue weighted by molar-refractivity contribution is 5.78. The highest BCUT2D eigenvalue weighted by Crippen LogP contribution is 2.26. The molecule has 1 saturated carbocycles. The first kappa shape index (κ1) is 9.97. The third-order valence-corrected chi connectivity index (χ3v) is 3.48. The maximum atomic E-state index is 11.9. The van der Waals surface area contributed by atoms with E-state index >= 15 is 0 Å². The lowest BCUT2D eigenvalue weighted by Gasteiger charge is -2.32. The summed E-state index contributed by atoms with van der Waals surface area (Å²) in [6.07, 6.45) is 4.72. The lowest BCUT2D eigenvalue weighted by Crippen LogP contribution is -2.49. The second-order valence-corrected chi connectivity index (χ2v) is 4.72. The molecule has 2 rings (SSSR count). The van der Waals surface area contributed by atoms with Crippen LogP contribution in [0.3, 0.4) is 0 Å². The van der Waals surface area contributed by atoms with Crippen molar-refractivity contribution in [3.63, 3.8) is 0 Å². The van der Waals surface area contributed by atoms with Crippen molar-refractivity contribution in [2.24, 2.45) is 11.8 Å². The standard InChI is InChI=1S/C11H20N2O/c1-13(8-9-6-12-7-9)11(14)10-4-2-3-5-10/h9-10,12H,2-8H2,1H3. The average Bonchev–Trinajstić information content (AvgIpc) is 2.62. The molecule has 3 heteroatoms. The summed E-state index contributed by atoms with van der Waals surface area (Å²) in [5, 5.41) is 3.24. The molecule has 1 aliphatic carbocycles. The molecule has 1 saturated heterocycles. The van der Waals surface area contributed by atoms with Crippen LogP contribution in [-0.2, 0) is 4.79 Å². The van der Waals surface area contributed by atoms with Crippen LogP contribution in [0.2, 0.25) is 0 Å². The summed E-state index contributed by atoms with van der Waals surface area (Å²) in [7, 11) is 1.96. The highest BCUT2D eigenvalue weighted by atomic mass is 16.2. The number of carbonyl (C=O) groups is 1. The smallest absolute Gasteiger partial charge is 0.225 e. The molecule has 80 valence electrons. The molecule has 0 unspecified atom stereocenters. The van der Waals surface area contributed by atoms with Crippen molar-refractivity contribution >= 4 is 5.91 Å². The van der Waals surface area contributed by atoms with Crippen LogP contribution in [-0.4, -0.2) is 37.5 Å². The van der Waals surface area contributed by atoms with Gasteiger partial charge in [0.1, 0.15) is 0 Å². The lowest BCUT2D eigenvalue weighted by atomic mass is 10.0. The van der Waals surface area contributed by atoms with E-state index in [1.165, 1.54) is 12.8 Å². The van der Waals surface area contributed by atoms with Gasteiger partial charge in [0.25, 0.3) is 0 Å². The number of amides is 1. The van der Waals surface area contributed by atoms with E-state index in [1.54, 1.807) is 0 Å². The Morgan fingerprint density at radius 2 is 2.00 bits per heavy atom. The minimum absolute atomic E-state index is 0.341. The Kier molecular flexibility index (Phi) is 3.06. The largest absolute Gasteiger partial charge is 0.345 e. The number of carbonyl (C=O) groups excluding carboxylic acids is 1. The van der Waals surface area contributed by atoms with Gasteiger partial charge in [0.05, 0.1) is 0 Å². The molecule has 14 heavy (non-hydrogen) atoms. The number of rotatable bonds is 3. The molecule has 0 spiro atoms. The number of hydrogen-bond acceptors (Lipinski definition) is 2. The average molecular weight is 196 g/mol. The number of nitrogens with one attached hydrogen (secondary N) is 1. The van der Waals surface area contributed by atoms with E-state index in [0.29, 0.717) is 17.7 Å². The normalized spacial score (nSPS) is 23.5. The van der Waals surface area contributed by atoms with E-state index in [-0.39, 0.29) is 0 Å². The fraction of sp³-hybridized carbons (Fsp3) is 0.909. The van der Waals surface area contributed by atoms with Crippen LogP contribution in [0.25, 0.3) is 0 Å². The molecule has 0 aromatic rings. The van der Waals surface area contributed by atoms with Crippen molar-refractivity contribution in [3.05, 3.63) is 0 Å². The summed E-state index contributed by atoms with van der Waals surface area (Å²) in [5.74, 6) is 1.42. The summed E-state index contributed by atoms with van der Waals surface area (Å²) >= 11 is 0. The fourth-order valence-corrected chi connectivity index (χ4v) is 2.44. The monoisotopic (exact) mass is 196 g/mol. The van der Waals surface area contributed by atoms with Gasteiger partial charge >= 0.3 is 0 Å². The van der Waals surface area contributed by atoms with Crippen molar-refractivity contribution in [1.82, 2.24) is 10.2 Å². The number of nitrogens with zero attached hydrogens (tertiary/aromatic N) is 1.